The van der Waals surface area contributed by atoms with Gasteiger partial charge in [-0.15, -0.1) is 0 Å². The number of aromatic amines is 1. The van der Waals surface area contributed by atoms with Crippen LogP contribution in [0.1, 0.15) is 28.8 Å². The van der Waals surface area contributed by atoms with E-state index in [1.54, 1.807) is 23.1 Å². The molecule has 1 aliphatic rings. The molecule has 1 aromatic heterocycles. The molecule has 9 heteroatoms. The van der Waals surface area contributed by atoms with E-state index < -0.39 is 5.91 Å². The number of nitrogens with zero attached hydrogens (tertiary/aromatic N) is 4. The Morgan fingerprint density at radius 1 is 1.29 bits per heavy atom. The Morgan fingerprint density at radius 3 is 2.94 bits per heavy atom. The first kappa shape index (κ1) is 20.4. The van der Waals surface area contributed by atoms with Crippen LogP contribution in [0, 0.1) is 11.3 Å². The number of nitrogens with one attached hydrogen (secondary N) is 1. The van der Waals surface area contributed by atoms with Gasteiger partial charge in [-0.1, -0.05) is 6.07 Å². The van der Waals surface area contributed by atoms with E-state index in [0.29, 0.717) is 54.1 Å². The fourth-order valence-corrected chi connectivity index (χ4v) is 3.54. The number of aromatic nitrogens is 2. The van der Waals surface area contributed by atoms with Crippen LogP contribution in [-0.4, -0.2) is 46.4 Å². The summed E-state index contributed by atoms with van der Waals surface area (Å²) < 4.78 is 6.93. The van der Waals surface area contributed by atoms with Crippen LogP contribution >= 0.6 is 0 Å². The molecule has 31 heavy (non-hydrogen) atoms. The van der Waals surface area contributed by atoms with Crippen LogP contribution in [0.15, 0.2) is 47.5 Å². The number of cyclic esters (lactones) is 1. The number of carbonyl (C=O) groups excluding carboxylic acids is 2. The van der Waals surface area contributed by atoms with E-state index in [-0.39, 0.29) is 12.7 Å². The Hall–Kier alpha value is -3.90. The van der Waals surface area contributed by atoms with Crippen LogP contribution in [-0.2, 0) is 11.3 Å². The molecule has 158 valence electrons. The van der Waals surface area contributed by atoms with E-state index in [4.69, 9.17) is 10.00 Å². The number of H-pyrrole nitrogens is 1. The summed E-state index contributed by atoms with van der Waals surface area (Å²) >= 11 is 0. The number of imidazole rings is 1. The third-order valence-electron chi connectivity index (χ3n) is 5.04. The van der Waals surface area contributed by atoms with Crippen LogP contribution in [0.4, 0.5) is 10.5 Å². The SMILES string of the molecule is N#Cc1cccc(C(=O)/N=c2\[nH]c3cc(N4CCCOC4=O)ccc3n2CCCO)c1. The minimum atomic E-state index is -0.485. The lowest BCUT2D eigenvalue weighted by Gasteiger charge is -2.26. The number of carbonyl (C=O) groups is 2. The lowest BCUT2D eigenvalue weighted by atomic mass is 10.1. The number of hydrogen-bond donors (Lipinski definition) is 2. The molecular weight excluding hydrogens is 398 g/mol. The Labute approximate surface area is 177 Å². The number of aliphatic hydroxyl groups excluding tert-OH is 1. The van der Waals surface area contributed by atoms with Crippen LogP contribution in [0.5, 0.6) is 0 Å². The molecule has 2 N–H and O–H groups in total. The third kappa shape index (κ3) is 4.20. The molecular formula is C22H21N5O4. The van der Waals surface area contributed by atoms with Gasteiger partial charge in [-0.2, -0.15) is 10.3 Å². The molecule has 0 aliphatic carbocycles. The lowest BCUT2D eigenvalue weighted by molar-refractivity contribution is 0.0996. The molecule has 4 rings (SSSR count). The van der Waals surface area contributed by atoms with Crippen LogP contribution in [0.25, 0.3) is 11.0 Å². The summed E-state index contributed by atoms with van der Waals surface area (Å²) in [6.45, 7) is 1.43. The van der Waals surface area contributed by atoms with E-state index in [9.17, 15) is 14.7 Å². The van der Waals surface area contributed by atoms with Crippen molar-refractivity contribution in [3.05, 3.63) is 59.2 Å². The summed E-state index contributed by atoms with van der Waals surface area (Å²) in [5, 5.41) is 18.3. The van der Waals surface area contributed by atoms with E-state index in [1.807, 2.05) is 28.8 Å². The number of hydrogen-bond acceptors (Lipinski definition) is 5. The molecule has 0 bridgehead atoms. The highest BCUT2D eigenvalue weighted by molar-refractivity contribution is 5.95. The zero-order chi connectivity index (χ0) is 21.8. The standard InChI is InChI=1S/C22H21N5O4/c23-14-15-4-1-5-16(12-15)20(29)25-21-24-18-13-17(26-9-3-11-31-22(26)30)6-7-19(18)27(21)8-2-10-28/h1,4-7,12-13,28H,2-3,8-11H2,(H,24,25,29). The molecule has 0 atom stereocenters. The van der Waals surface area contributed by atoms with Crippen LogP contribution in [0.3, 0.4) is 0 Å². The summed E-state index contributed by atoms with van der Waals surface area (Å²) in [5.74, 6) is -0.485. The van der Waals surface area contributed by atoms with Crippen molar-refractivity contribution in [1.82, 2.24) is 9.55 Å². The van der Waals surface area contributed by atoms with Crippen molar-refractivity contribution in [3.63, 3.8) is 0 Å². The molecule has 3 aromatic rings. The molecule has 2 amide bonds. The van der Waals surface area contributed by atoms with Gasteiger partial charge < -0.3 is 19.4 Å². The van der Waals surface area contributed by atoms with E-state index in [0.717, 1.165) is 11.9 Å². The summed E-state index contributed by atoms with van der Waals surface area (Å²) in [6.07, 6.45) is 0.850. The van der Waals surface area contributed by atoms with Crippen molar-refractivity contribution in [2.24, 2.45) is 4.99 Å². The first-order valence-electron chi connectivity index (χ1n) is 9.97. The topological polar surface area (TPSA) is 124 Å². The molecule has 1 fully saturated rings. The van der Waals surface area contributed by atoms with Gasteiger partial charge in [0.1, 0.15) is 0 Å². The Bertz CT molecular complexity index is 1250. The van der Waals surface area contributed by atoms with Gasteiger partial charge in [-0.3, -0.25) is 9.69 Å². The van der Waals surface area contributed by atoms with Crippen molar-refractivity contribution >= 4 is 28.7 Å². The summed E-state index contributed by atoms with van der Waals surface area (Å²) in [7, 11) is 0. The molecule has 0 spiro atoms. The van der Waals surface area contributed by atoms with Crippen molar-refractivity contribution in [2.75, 3.05) is 24.7 Å². The maximum absolute atomic E-state index is 12.7. The number of nitriles is 1. The average molecular weight is 419 g/mol. The number of anilines is 1. The smallest absolute Gasteiger partial charge is 0.414 e. The maximum Gasteiger partial charge on any atom is 0.414 e. The second kappa shape index (κ2) is 8.85. The second-order valence-electron chi connectivity index (χ2n) is 7.11. The predicted molar refractivity (Wildman–Crippen MR) is 112 cm³/mol. The molecule has 0 radical (unpaired) electrons. The predicted octanol–water partition coefficient (Wildman–Crippen LogP) is 2.31. The van der Waals surface area contributed by atoms with Gasteiger partial charge in [0.05, 0.1) is 29.3 Å². The Kier molecular flexibility index (Phi) is 5.82. The Balaban J connectivity index is 1.77. The van der Waals surface area contributed by atoms with Crippen LogP contribution < -0.4 is 10.5 Å². The molecule has 9 nitrogen and oxygen atoms in total. The third-order valence-corrected chi connectivity index (χ3v) is 5.04. The van der Waals surface area contributed by atoms with Gasteiger partial charge in [0.25, 0.3) is 5.91 Å². The number of amides is 2. The quantitative estimate of drug-likeness (QED) is 0.657. The summed E-state index contributed by atoms with van der Waals surface area (Å²) in [5.41, 5.74) is 3.19. The monoisotopic (exact) mass is 419 g/mol. The van der Waals surface area contributed by atoms with Crippen molar-refractivity contribution in [1.29, 1.82) is 5.26 Å². The fourth-order valence-electron chi connectivity index (χ4n) is 3.54. The molecule has 2 heterocycles. The number of aliphatic hydroxyl groups is 1. The maximum atomic E-state index is 12.7. The molecule has 2 aromatic carbocycles. The first-order chi connectivity index (χ1) is 15.1. The van der Waals surface area contributed by atoms with E-state index in [2.05, 4.69) is 9.98 Å². The minimum absolute atomic E-state index is 0.00498. The van der Waals surface area contributed by atoms with Gasteiger partial charge in [0.15, 0.2) is 0 Å². The van der Waals surface area contributed by atoms with Crippen LogP contribution in [0.2, 0.25) is 0 Å². The summed E-state index contributed by atoms with van der Waals surface area (Å²) in [4.78, 5) is 33.7. The van der Waals surface area contributed by atoms with E-state index in [1.165, 1.54) is 6.07 Å². The largest absolute Gasteiger partial charge is 0.449 e. The van der Waals surface area contributed by atoms with Gasteiger partial charge >= 0.3 is 6.09 Å². The van der Waals surface area contributed by atoms with Gasteiger partial charge in [-0.25, -0.2) is 4.79 Å². The number of aryl methyl sites for hydroxylation is 1. The number of ether oxygens (including phenoxy) is 1. The van der Waals surface area contributed by atoms with Crippen molar-refractivity contribution < 1.29 is 19.4 Å². The zero-order valence-corrected chi connectivity index (χ0v) is 16.7. The van der Waals surface area contributed by atoms with Gasteiger partial charge in [0.2, 0.25) is 5.62 Å². The number of benzene rings is 2. The highest BCUT2D eigenvalue weighted by atomic mass is 16.6. The molecule has 1 aliphatic heterocycles. The molecule has 0 saturated carbocycles. The first-order valence-corrected chi connectivity index (χ1v) is 9.97. The normalized spacial score (nSPS) is 14.5. The number of rotatable bonds is 5. The average Bonchev–Trinajstić information content (AvgIpc) is 3.13. The lowest BCUT2D eigenvalue weighted by Crippen LogP contribution is -2.37. The van der Waals surface area contributed by atoms with Gasteiger partial charge in [0, 0.05) is 30.9 Å². The molecule has 0 unspecified atom stereocenters. The second-order valence-corrected chi connectivity index (χ2v) is 7.11. The van der Waals surface area contributed by atoms with Crippen molar-refractivity contribution in [3.8, 4) is 6.07 Å². The number of fused-ring (bicyclic) bond motifs is 1. The zero-order valence-electron chi connectivity index (χ0n) is 16.7. The fraction of sp³-hybridized carbons (Fsp3) is 0.273. The van der Waals surface area contributed by atoms with E-state index >= 15 is 0 Å². The Morgan fingerprint density at radius 2 is 2.16 bits per heavy atom. The highest BCUT2D eigenvalue weighted by Gasteiger charge is 2.22. The summed E-state index contributed by atoms with van der Waals surface area (Å²) in [6, 6.07) is 13.8. The van der Waals surface area contributed by atoms with Gasteiger partial charge in [-0.05, 0) is 49.2 Å². The highest BCUT2D eigenvalue weighted by Crippen LogP contribution is 2.23. The molecule has 1 saturated heterocycles. The minimum Gasteiger partial charge on any atom is -0.449 e. The van der Waals surface area contributed by atoms with Crippen molar-refractivity contribution in [2.45, 2.75) is 19.4 Å².